The van der Waals surface area contributed by atoms with Crippen LogP contribution in [-0.4, -0.2) is 48.3 Å². The van der Waals surface area contributed by atoms with Crippen molar-refractivity contribution in [1.29, 1.82) is 0 Å². The summed E-state index contributed by atoms with van der Waals surface area (Å²) in [6.07, 6.45) is 3.81. The highest BCUT2D eigenvalue weighted by atomic mass is 32.1. The molecular formula is C16H20N4O4S. The van der Waals surface area contributed by atoms with Crippen LogP contribution in [0.4, 0.5) is 9.80 Å². The average Bonchev–Trinajstić information content (AvgIpc) is 3.09. The molecule has 1 fully saturated rings. The molecule has 3 N–H and O–H groups in total. The van der Waals surface area contributed by atoms with Crippen LogP contribution in [0.15, 0.2) is 0 Å². The number of thiophene rings is 1. The normalized spacial score (nSPS) is 16.4. The van der Waals surface area contributed by atoms with Crippen molar-refractivity contribution < 1.29 is 19.2 Å². The molecule has 134 valence electrons. The van der Waals surface area contributed by atoms with E-state index in [-0.39, 0.29) is 19.0 Å². The minimum atomic E-state index is -0.574. The van der Waals surface area contributed by atoms with Gasteiger partial charge in [0.15, 0.2) is 0 Å². The number of carbonyl (C=O) groups excluding carboxylic acids is 4. The Balaban J connectivity index is 1.80. The SMILES string of the molecule is CCNC(=O)c1c(NC(=O)CN2C(=O)CNC2=O)sc2c1CCCC2. The summed E-state index contributed by atoms with van der Waals surface area (Å²) in [6.45, 7) is 1.89. The molecule has 25 heavy (non-hydrogen) atoms. The topological polar surface area (TPSA) is 108 Å². The fraction of sp³-hybridized carbons (Fsp3) is 0.500. The second-order valence-corrected chi connectivity index (χ2v) is 7.07. The van der Waals surface area contributed by atoms with Crippen LogP contribution in [0, 0.1) is 0 Å². The largest absolute Gasteiger partial charge is 0.352 e. The predicted molar refractivity (Wildman–Crippen MR) is 92.7 cm³/mol. The van der Waals surface area contributed by atoms with Gasteiger partial charge in [-0.3, -0.25) is 19.3 Å². The van der Waals surface area contributed by atoms with Gasteiger partial charge >= 0.3 is 6.03 Å². The van der Waals surface area contributed by atoms with E-state index in [9.17, 15) is 19.2 Å². The zero-order chi connectivity index (χ0) is 18.0. The number of carbonyl (C=O) groups is 4. The van der Waals surface area contributed by atoms with Gasteiger partial charge in [0.1, 0.15) is 11.5 Å². The number of anilines is 1. The lowest BCUT2D eigenvalue weighted by Gasteiger charge is -2.14. The van der Waals surface area contributed by atoms with E-state index in [1.54, 1.807) is 0 Å². The average molecular weight is 364 g/mol. The molecule has 0 aromatic carbocycles. The zero-order valence-corrected chi connectivity index (χ0v) is 14.8. The van der Waals surface area contributed by atoms with E-state index in [1.807, 2.05) is 6.92 Å². The molecule has 0 unspecified atom stereocenters. The van der Waals surface area contributed by atoms with Crippen molar-refractivity contribution in [3.8, 4) is 0 Å². The summed E-state index contributed by atoms with van der Waals surface area (Å²) in [5.41, 5.74) is 1.53. The van der Waals surface area contributed by atoms with Crippen molar-refractivity contribution >= 4 is 40.1 Å². The Bertz CT molecular complexity index is 727. The smallest absolute Gasteiger partial charge is 0.325 e. The monoisotopic (exact) mass is 364 g/mol. The third kappa shape index (κ3) is 3.51. The number of urea groups is 1. The molecule has 1 aromatic heterocycles. The Kier molecular flexibility index (Phi) is 5.03. The van der Waals surface area contributed by atoms with Crippen LogP contribution in [-0.2, 0) is 22.4 Å². The van der Waals surface area contributed by atoms with E-state index in [0.717, 1.165) is 41.0 Å². The Labute approximate surface area is 148 Å². The fourth-order valence-electron chi connectivity index (χ4n) is 3.07. The Morgan fingerprint density at radius 2 is 2.00 bits per heavy atom. The lowest BCUT2D eigenvalue weighted by molar-refractivity contribution is -0.128. The number of fused-ring (bicyclic) bond motifs is 1. The van der Waals surface area contributed by atoms with Crippen molar-refractivity contribution in [3.63, 3.8) is 0 Å². The number of imide groups is 1. The van der Waals surface area contributed by atoms with Gasteiger partial charge in [-0.2, -0.15) is 0 Å². The molecule has 9 heteroatoms. The Morgan fingerprint density at radius 1 is 1.24 bits per heavy atom. The summed E-state index contributed by atoms with van der Waals surface area (Å²) in [5.74, 6) is -1.13. The van der Waals surface area contributed by atoms with Crippen LogP contribution >= 0.6 is 11.3 Å². The summed E-state index contributed by atoms with van der Waals surface area (Å²) in [6, 6.07) is -0.574. The maximum Gasteiger partial charge on any atom is 0.325 e. The zero-order valence-electron chi connectivity index (χ0n) is 13.9. The van der Waals surface area contributed by atoms with Gasteiger partial charge in [0.05, 0.1) is 12.1 Å². The van der Waals surface area contributed by atoms with Crippen LogP contribution in [0.3, 0.4) is 0 Å². The van der Waals surface area contributed by atoms with Crippen molar-refractivity contribution in [3.05, 3.63) is 16.0 Å². The van der Waals surface area contributed by atoms with E-state index < -0.39 is 17.8 Å². The van der Waals surface area contributed by atoms with E-state index in [1.165, 1.54) is 11.3 Å². The second kappa shape index (κ2) is 7.22. The first kappa shape index (κ1) is 17.4. The van der Waals surface area contributed by atoms with Crippen LogP contribution in [0.25, 0.3) is 0 Å². The van der Waals surface area contributed by atoms with Crippen molar-refractivity contribution in [2.45, 2.75) is 32.6 Å². The maximum absolute atomic E-state index is 12.4. The lowest BCUT2D eigenvalue weighted by Crippen LogP contribution is -2.38. The number of nitrogens with one attached hydrogen (secondary N) is 3. The van der Waals surface area contributed by atoms with Gasteiger partial charge < -0.3 is 16.0 Å². The molecule has 1 aromatic rings. The standard InChI is InChI=1S/C16H20N4O4S/c1-2-17-14(23)13-9-5-3-4-6-10(9)25-15(13)19-11(21)8-20-12(22)7-18-16(20)24/h2-8H2,1H3,(H,17,23)(H,18,24)(H,19,21). The molecule has 3 rings (SSSR count). The quantitative estimate of drug-likeness (QED) is 0.674. The third-order valence-corrected chi connectivity index (χ3v) is 5.43. The number of rotatable bonds is 5. The molecule has 1 aliphatic heterocycles. The first-order valence-electron chi connectivity index (χ1n) is 8.32. The first-order chi connectivity index (χ1) is 12.0. The maximum atomic E-state index is 12.4. The number of hydrogen-bond acceptors (Lipinski definition) is 5. The lowest BCUT2D eigenvalue weighted by atomic mass is 9.95. The highest BCUT2D eigenvalue weighted by Gasteiger charge is 2.31. The molecule has 8 nitrogen and oxygen atoms in total. The summed E-state index contributed by atoms with van der Waals surface area (Å²) in [5, 5.41) is 8.37. The minimum absolute atomic E-state index is 0.0937. The molecular weight excluding hydrogens is 344 g/mol. The van der Waals surface area contributed by atoms with Gasteiger partial charge in [-0.25, -0.2) is 4.79 Å². The summed E-state index contributed by atoms with van der Waals surface area (Å²) in [7, 11) is 0. The van der Waals surface area contributed by atoms with Gasteiger partial charge in [0.2, 0.25) is 5.91 Å². The van der Waals surface area contributed by atoms with Crippen LogP contribution in [0.2, 0.25) is 0 Å². The third-order valence-electron chi connectivity index (χ3n) is 4.23. The molecule has 5 amide bonds. The highest BCUT2D eigenvalue weighted by Crippen LogP contribution is 2.38. The van der Waals surface area contributed by atoms with Gasteiger partial charge in [0.25, 0.3) is 11.8 Å². The molecule has 0 saturated carbocycles. The van der Waals surface area contributed by atoms with Crippen LogP contribution in [0.5, 0.6) is 0 Å². The fourth-order valence-corrected chi connectivity index (χ4v) is 4.37. The summed E-state index contributed by atoms with van der Waals surface area (Å²) >= 11 is 1.41. The number of amides is 5. The molecule has 1 saturated heterocycles. The first-order valence-corrected chi connectivity index (χ1v) is 9.13. The minimum Gasteiger partial charge on any atom is -0.352 e. The van der Waals surface area contributed by atoms with Crippen molar-refractivity contribution in [2.75, 3.05) is 25.0 Å². The molecule has 0 spiro atoms. The van der Waals surface area contributed by atoms with Gasteiger partial charge in [-0.1, -0.05) is 0 Å². The van der Waals surface area contributed by atoms with Crippen molar-refractivity contribution in [1.82, 2.24) is 15.5 Å². The number of hydrogen-bond donors (Lipinski definition) is 3. The van der Waals surface area contributed by atoms with Crippen molar-refractivity contribution in [2.24, 2.45) is 0 Å². The van der Waals surface area contributed by atoms with Crippen LogP contribution in [0.1, 0.15) is 40.6 Å². The number of nitrogens with zero attached hydrogens (tertiary/aromatic N) is 1. The summed E-state index contributed by atoms with van der Waals surface area (Å²) < 4.78 is 0. The van der Waals surface area contributed by atoms with E-state index >= 15 is 0 Å². The van der Waals surface area contributed by atoms with E-state index in [2.05, 4.69) is 16.0 Å². The molecule has 0 atom stereocenters. The molecule has 1 aliphatic carbocycles. The van der Waals surface area contributed by atoms with Gasteiger partial charge in [-0.15, -0.1) is 11.3 Å². The Hall–Kier alpha value is -2.42. The summed E-state index contributed by atoms with van der Waals surface area (Å²) in [4.78, 5) is 49.9. The molecule has 0 bridgehead atoms. The molecule has 2 heterocycles. The molecule has 0 radical (unpaired) electrons. The Morgan fingerprint density at radius 3 is 2.68 bits per heavy atom. The molecule has 2 aliphatic rings. The van der Waals surface area contributed by atoms with E-state index in [4.69, 9.17) is 0 Å². The van der Waals surface area contributed by atoms with Crippen LogP contribution < -0.4 is 16.0 Å². The van der Waals surface area contributed by atoms with Gasteiger partial charge in [-0.05, 0) is 38.2 Å². The van der Waals surface area contributed by atoms with Gasteiger partial charge in [0, 0.05) is 11.4 Å². The predicted octanol–water partition coefficient (Wildman–Crippen LogP) is 0.867. The van der Waals surface area contributed by atoms with E-state index in [0.29, 0.717) is 17.1 Å². The highest BCUT2D eigenvalue weighted by molar-refractivity contribution is 7.17. The number of aryl methyl sites for hydroxylation is 1. The second-order valence-electron chi connectivity index (χ2n) is 5.96.